The molecule has 3 rings (SSSR count). The van der Waals surface area contributed by atoms with Crippen molar-refractivity contribution in [3.8, 4) is 0 Å². The third kappa shape index (κ3) is 2.07. The van der Waals surface area contributed by atoms with Crippen molar-refractivity contribution in [2.45, 2.75) is 6.42 Å². The number of nitrogens with zero attached hydrogens (tertiary/aromatic N) is 1. The monoisotopic (exact) mass is 248 g/mol. The molecular weight excluding hydrogens is 232 g/mol. The van der Waals surface area contributed by atoms with E-state index in [0.717, 1.165) is 18.8 Å². The van der Waals surface area contributed by atoms with E-state index in [1.807, 2.05) is 34.6 Å². The lowest BCUT2D eigenvalue weighted by atomic mass is 9.62. The molecule has 2 unspecified atom stereocenters. The number of hydrogen-bond donors (Lipinski definition) is 2. The second-order valence-electron chi connectivity index (χ2n) is 5.01. The van der Waals surface area contributed by atoms with E-state index in [4.69, 9.17) is 0 Å². The van der Waals surface area contributed by atoms with Crippen LogP contribution in [0, 0.1) is 17.8 Å². The van der Waals surface area contributed by atoms with Crippen LogP contribution in [0.3, 0.4) is 0 Å². The zero-order valence-electron chi connectivity index (χ0n) is 9.54. The minimum absolute atomic E-state index is 0.180. The van der Waals surface area contributed by atoms with Gasteiger partial charge < -0.3 is 5.32 Å². The Balaban J connectivity index is 1.65. The number of para-hydroxylation sites is 1. The first-order valence-corrected chi connectivity index (χ1v) is 6.44. The van der Waals surface area contributed by atoms with Gasteiger partial charge in [-0.05, 0) is 30.4 Å². The maximum absolute atomic E-state index is 12.2. The number of carbonyl (C=O) groups excluding carboxylic acids is 1. The number of thiol groups is 1. The van der Waals surface area contributed by atoms with Gasteiger partial charge in [-0.15, -0.1) is 0 Å². The first-order chi connectivity index (χ1) is 8.24. The Bertz CT molecular complexity index is 411. The summed E-state index contributed by atoms with van der Waals surface area (Å²) in [5.41, 5.74) is 0.894. The van der Waals surface area contributed by atoms with E-state index in [1.165, 1.54) is 6.42 Å². The Kier molecular flexibility index (Phi) is 2.84. The molecule has 17 heavy (non-hydrogen) atoms. The van der Waals surface area contributed by atoms with Gasteiger partial charge in [-0.2, -0.15) is 0 Å². The van der Waals surface area contributed by atoms with E-state index in [9.17, 15) is 4.79 Å². The summed E-state index contributed by atoms with van der Waals surface area (Å²) < 4.78 is 2.03. The van der Waals surface area contributed by atoms with Crippen LogP contribution in [-0.2, 0) is 4.79 Å². The van der Waals surface area contributed by atoms with Crippen LogP contribution in [0.15, 0.2) is 30.3 Å². The van der Waals surface area contributed by atoms with Crippen LogP contribution in [0.4, 0.5) is 5.69 Å². The summed E-state index contributed by atoms with van der Waals surface area (Å²) in [7, 11) is 0. The molecule has 2 fully saturated rings. The van der Waals surface area contributed by atoms with E-state index in [1.54, 1.807) is 0 Å². The van der Waals surface area contributed by atoms with Gasteiger partial charge in [0.05, 0.1) is 0 Å². The molecule has 1 saturated carbocycles. The molecule has 3 nitrogen and oxygen atoms in total. The summed E-state index contributed by atoms with van der Waals surface area (Å²) in [5, 5.41) is 3.00. The molecular formula is C13H16N2OS. The van der Waals surface area contributed by atoms with Gasteiger partial charge in [0.15, 0.2) is 0 Å². The number of benzene rings is 1. The third-order valence-electron chi connectivity index (χ3n) is 3.86. The van der Waals surface area contributed by atoms with E-state index in [2.05, 4.69) is 18.1 Å². The average Bonchev–Trinajstić information content (AvgIpc) is 2.29. The standard InChI is InChI=1S/C13H16N2OS/c16-13(14-11-4-2-1-3-5-11)12-9-6-10(12)8-15(17)7-9/h1-5,9-10,12,17H,6-8H2,(H,14,16). The average molecular weight is 248 g/mol. The molecule has 4 heteroatoms. The van der Waals surface area contributed by atoms with E-state index in [0.29, 0.717) is 11.8 Å². The second-order valence-corrected chi connectivity index (χ2v) is 5.57. The maximum atomic E-state index is 12.2. The Labute approximate surface area is 107 Å². The smallest absolute Gasteiger partial charge is 0.228 e. The fourth-order valence-corrected chi connectivity index (χ4v) is 3.46. The Morgan fingerprint density at radius 3 is 2.53 bits per heavy atom. The molecule has 1 aromatic carbocycles. The molecule has 0 spiro atoms. The molecule has 1 saturated heterocycles. The minimum Gasteiger partial charge on any atom is -0.326 e. The fourth-order valence-electron chi connectivity index (χ4n) is 3.04. The summed E-state index contributed by atoms with van der Waals surface area (Å²) >= 11 is 4.36. The molecule has 1 aliphatic carbocycles. The molecule has 2 atom stereocenters. The number of hydrogen-bond acceptors (Lipinski definition) is 3. The van der Waals surface area contributed by atoms with Crippen LogP contribution in [0.2, 0.25) is 0 Å². The van der Waals surface area contributed by atoms with Crippen LogP contribution in [0.5, 0.6) is 0 Å². The highest BCUT2D eigenvalue weighted by molar-refractivity contribution is 7.77. The Hall–Kier alpha value is -1.00. The Morgan fingerprint density at radius 1 is 1.24 bits per heavy atom. The molecule has 2 bridgehead atoms. The summed E-state index contributed by atoms with van der Waals surface area (Å²) in [4.78, 5) is 12.2. The largest absolute Gasteiger partial charge is 0.326 e. The molecule has 2 aliphatic rings. The highest BCUT2D eigenvalue weighted by atomic mass is 32.1. The number of amides is 1. The van der Waals surface area contributed by atoms with Crippen molar-refractivity contribution in [2.24, 2.45) is 17.8 Å². The van der Waals surface area contributed by atoms with Crippen LogP contribution in [0.1, 0.15) is 6.42 Å². The minimum atomic E-state index is 0.180. The van der Waals surface area contributed by atoms with Crippen LogP contribution in [-0.4, -0.2) is 23.3 Å². The first kappa shape index (κ1) is 11.1. The predicted octanol–water partition coefficient (Wildman–Crippen LogP) is 2.04. The second kappa shape index (κ2) is 4.35. The van der Waals surface area contributed by atoms with Crippen molar-refractivity contribution in [2.75, 3.05) is 18.4 Å². The van der Waals surface area contributed by atoms with Gasteiger partial charge in [0.2, 0.25) is 5.91 Å². The lowest BCUT2D eigenvalue weighted by molar-refractivity contribution is -0.133. The zero-order chi connectivity index (χ0) is 11.8. The summed E-state index contributed by atoms with van der Waals surface area (Å²) in [6.07, 6.45) is 1.18. The van der Waals surface area contributed by atoms with E-state index >= 15 is 0 Å². The normalized spacial score (nSPS) is 31.7. The predicted molar refractivity (Wildman–Crippen MR) is 70.7 cm³/mol. The number of anilines is 1. The molecule has 90 valence electrons. The van der Waals surface area contributed by atoms with Crippen LogP contribution in [0.25, 0.3) is 0 Å². The topological polar surface area (TPSA) is 32.3 Å². The number of piperidine rings is 2. The van der Waals surface area contributed by atoms with Gasteiger partial charge in [0, 0.05) is 24.7 Å². The summed E-state index contributed by atoms with van der Waals surface area (Å²) in [6, 6.07) is 9.68. The van der Waals surface area contributed by atoms with Crippen molar-refractivity contribution in [1.29, 1.82) is 0 Å². The Morgan fingerprint density at radius 2 is 1.88 bits per heavy atom. The van der Waals surface area contributed by atoms with Crippen molar-refractivity contribution < 1.29 is 4.79 Å². The van der Waals surface area contributed by atoms with Gasteiger partial charge in [-0.3, -0.25) is 9.10 Å². The number of rotatable bonds is 2. The van der Waals surface area contributed by atoms with Crippen molar-refractivity contribution >= 4 is 24.4 Å². The molecule has 1 amide bonds. The summed E-state index contributed by atoms with van der Waals surface area (Å²) in [6.45, 7) is 1.87. The lowest BCUT2D eigenvalue weighted by Crippen LogP contribution is -2.56. The number of carbonyl (C=O) groups is 1. The molecule has 0 radical (unpaired) electrons. The number of nitrogens with one attached hydrogen (secondary N) is 1. The lowest BCUT2D eigenvalue weighted by Gasteiger charge is -2.51. The molecule has 1 N–H and O–H groups in total. The SMILES string of the molecule is O=C(Nc1ccccc1)C1C2CC1CN(S)C2. The van der Waals surface area contributed by atoms with Gasteiger partial charge in [-0.1, -0.05) is 31.0 Å². The van der Waals surface area contributed by atoms with Crippen molar-refractivity contribution in [3.05, 3.63) is 30.3 Å². The fraction of sp³-hybridized carbons (Fsp3) is 0.462. The van der Waals surface area contributed by atoms with Gasteiger partial charge in [0.25, 0.3) is 0 Å². The van der Waals surface area contributed by atoms with Crippen LogP contribution < -0.4 is 5.32 Å². The van der Waals surface area contributed by atoms with Crippen molar-refractivity contribution in [3.63, 3.8) is 0 Å². The van der Waals surface area contributed by atoms with E-state index < -0.39 is 0 Å². The highest BCUT2D eigenvalue weighted by Gasteiger charge is 2.49. The van der Waals surface area contributed by atoms with Crippen molar-refractivity contribution in [1.82, 2.24) is 4.31 Å². The van der Waals surface area contributed by atoms with Gasteiger partial charge in [0.1, 0.15) is 0 Å². The molecule has 1 aliphatic heterocycles. The molecule has 1 aromatic rings. The molecule has 0 aromatic heterocycles. The number of fused-ring (bicyclic) bond motifs is 2. The maximum Gasteiger partial charge on any atom is 0.228 e. The van der Waals surface area contributed by atoms with Crippen LogP contribution >= 0.6 is 12.8 Å². The quantitative estimate of drug-likeness (QED) is 0.785. The summed E-state index contributed by atoms with van der Waals surface area (Å²) in [5.74, 6) is 1.36. The third-order valence-corrected chi connectivity index (χ3v) is 4.18. The molecule has 1 heterocycles. The zero-order valence-corrected chi connectivity index (χ0v) is 10.4. The van der Waals surface area contributed by atoms with E-state index in [-0.39, 0.29) is 11.8 Å². The highest BCUT2D eigenvalue weighted by Crippen LogP contribution is 2.46. The van der Waals surface area contributed by atoms with Gasteiger partial charge in [-0.25, -0.2) is 0 Å². The first-order valence-electron chi connectivity index (χ1n) is 6.04. The van der Waals surface area contributed by atoms with Gasteiger partial charge >= 0.3 is 0 Å².